The van der Waals surface area contributed by atoms with Crippen LogP contribution >= 0.6 is 0 Å². The first kappa shape index (κ1) is 19.8. The average Bonchev–Trinajstić information content (AvgIpc) is 2.73. The fourth-order valence-corrected chi connectivity index (χ4v) is 3.37. The van der Waals surface area contributed by atoms with Crippen molar-refractivity contribution in [3.8, 4) is 0 Å². The number of likely N-dealkylation sites (N-methyl/N-ethyl adjacent to an activating group) is 1. The Hall–Kier alpha value is -3.52. The van der Waals surface area contributed by atoms with E-state index >= 15 is 0 Å². The van der Waals surface area contributed by atoms with Gasteiger partial charge in [0.2, 0.25) is 11.9 Å². The minimum atomic E-state index is -0.815. The van der Waals surface area contributed by atoms with Crippen LogP contribution in [0.2, 0.25) is 0 Å². The van der Waals surface area contributed by atoms with E-state index in [1.807, 2.05) is 38.2 Å². The number of nitrogens with one attached hydrogen (secondary N) is 2. The molecule has 0 radical (unpaired) electrons. The summed E-state index contributed by atoms with van der Waals surface area (Å²) in [5, 5.41) is 16.5. The molecule has 2 aromatic carbocycles. The quantitative estimate of drug-likeness (QED) is 0.602. The molecule has 30 heavy (non-hydrogen) atoms. The van der Waals surface area contributed by atoms with Gasteiger partial charge in [-0.05, 0) is 35.7 Å². The molecule has 1 aliphatic heterocycles. The molecule has 2 heterocycles. The van der Waals surface area contributed by atoms with Crippen molar-refractivity contribution < 1.29 is 14.3 Å². The predicted octanol–water partition coefficient (Wildman–Crippen LogP) is 3.01. The molecule has 0 aliphatic carbocycles. The first-order valence-corrected chi connectivity index (χ1v) is 9.56. The summed E-state index contributed by atoms with van der Waals surface area (Å²) in [5.41, 5.74) is 3.68. The second-order valence-corrected chi connectivity index (χ2v) is 7.28. The van der Waals surface area contributed by atoms with Gasteiger partial charge >= 0.3 is 0 Å². The topological polar surface area (TPSA) is 90.4 Å². The van der Waals surface area contributed by atoms with Crippen molar-refractivity contribution in [1.82, 2.24) is 9.97 Å². The minimum absolute atomic E-state index is 0.0830. The summed E-state index contributed by atoms with van der Waals surface area (Å²) in [6.45, 7) is 2.58. The van der Waals surface area contributed by atoms with E-state index in [0.29, 0.717) is 35.3 Å². The Morgan fingerprint density at radius 2 is 1.77 bits per heavy atom. The molecule has 154 valence electrons. The summed E-state index contributed by atoms with van der Waals surface area (Å²) in [6.07, 6.45) is -0.815. The van der Waals surface area contributed by atoms with Gasteiger partial charge in [0.05, 0.1) is 12.2 Å². The number of carbonyl (C=O) groups is 1. The zero-order valence-corrected chi connectivity index (χ0v) is 16.7. The minimum Gasteiger partial charge on any atom is -0.384 e. The van der Waals surface area contributed by atoms with Gasteiger partial charge in [0.15, 0.2) is 5.82 Å². The van der Waals surface area contributed by atoms with Crippen LogP contribution in [-0.2, 0) is 11.3 Å². The van der Waals surface area contributed by atoms with Crippen LogP contribution in [0, 0.1) is 12.7 Å². The monoisotopic (exact) mass is 407 g/mol. The van der Waals surface area contributed by atoms with Crippen molar-refractivity contribution in [3.05, 3.63) is 76.7 Å². The van der Waals surface area contributed by atoms with E-state index in [9.17, 15) is 14.3 Å². The third-order valence-electron chi connectivity index (χ3n) is 5.01. The summed E-state index contributed by atoms with van der Waals surface area (Å²) in [7, 11) is 1.82. The average molecular weight is 407 g/mol. The SMILES string of the molecule is Cc1nc(NCc2ccc(C(O)c3ccc(F)cc3)cc2)nc2c1NC(=O)CN2C. The van der Waals surface area contributed by atoms with Crippen molar-refractivity contribution in [2.45, 2.75) is 19.6 Å². The second-order valence-electron chi connectivity index (χ2n) is 7.28. The number of carbonyl (C=O) groups excluding carboxylic acids is 1. The Kier molecular flexibility index (Phi) is 5.33. The molecule has 0 fully saturated rings. The highest BCUT2D eigenvalue weighted by atomic mass is 19.1. The molecule has 1 aliphatic rings. The van der Waals surface area contributed by atoms with Gasteiger partial charge in [-0.3, -0.25) is 4.79 Å². The maximum Gasteiger partial charge on any atom is 0.244 e. The van der Waals surface area contributed by atoms with Crippen LogP contribution < -0.4 is 15.5 Å². The normalized spacial score (nSPS) is 14.1. The van der Waals surface area contributed by atoms with Crippen molar-refractivity contribution in [3.63, 3.8) is 0 Å². The molecule has 1 unspecified atom stereocenters. The first-order valence-electron chi connectivity index (χ1n) is 9.56. The highest BCUT2D eigenvalue weighted by molar-refractivity contribution is 6.00. The van der Waals surface area contributed by atoms with Gasteiger partial charge in [0.1, 0.15) is 17.6 Å². The Morgan fingerprint density at radius 3 is 2.43 bits per heavy atom. The number of aryl methyl sites for hydroxylation is 1. The number of fused-ring (bicyclic) bond motifs is 1. The van der Waals surface area contributed by atoms with Crippen LogP contribution in [0.4, 0.5) is 21.8 Å². The van der Waals surface area contributed by atoms with E-state index < -0.39 is 6.10 Å². The van der Waals surface area contributed by atoms with Crippen LogP contribution in [0.15, 0.2) is 48.5 Å². The first-order chi connectivity index (χ1) is 14.4. The standard InChI is InChI=1S/C22H22FN5O2/c1-13-19-21(28(2)12-18(29)26-19)27-22(25-13)24-11-14-3-5-15(6-4-14)20(30)16-7-9-17(23)10-8-16/h3-10,20,30H,11-12H2,1-2H3,(H,26,29)(H,24,25,27). The summed E-state index contributed by atoms with van der Waals surface area (Å²) in [4.78, 5) is 22.4. The number of hydrogen-bond donors (Lipinski definition) is 3. The molecule has 0 spiro atoms. The molecule has 8 heteroatoms. The molecule has 0 saturated heterocycles. The molecule has 3 N–H and O–H groups in total. The smallest absolute Gasteiger partial charge is 0.244 e. The third-order valence-corrected chi connectivity index (χ3v) is 5.01. The third kappa shape index (κ3) is 4.08. The lowest BCUT2D eigenvalue weighted by molar-refractivity contribution is -0.115. The Labute approximate surface area is 173 Å². The summed E-state index contributed by atoms with van der Waals surface area (Å²) in [5.74, 6) is 0.743. The number of aromatic nitrogens is 2. The molecular formula is C22H22FN5O2. The van der Waals surface area contributed by atoms with Crippen molar-refractivity contribution >= 4 is 23.4 Å². The lowest BCUT2D eigenvalue weighted by Gasteiger charge is -2.27. The molecule has 4 rings (SSSR count). The maximum atomic E-state index is 13.1. The van der Waals surface area contributed by atoms with Gasteiger partial charge in [-0.2, -0.15) is 4.98 Å². The van der Waals surface area contributed by atoms with Crippen LogP contribution in [0.1, 0.15) is 28.5 Å². The zero-order valence-electron chi connectivity index (χ0n) is 16.7. The van der Waals surface area contributed by atoms with Crippen molar-refractivity contribution in [1.29, 1.82) is 0 Å². The molecular weight excluding hydrogens is 385 g/mol. The number of amides is 1. The second kappa shape index (κ2) is 8.08. The zero-order chi connectivity index (χ0) is 21.3. The van der Waals surface area contributed by atoms with E-state index in [-0.39, 0.29) is 18.3 Å². The summed E-state index contributed by atoms with van der Waals surface area (Å²) >= 11 is 0. The number of nitrogens with zero attached hydrogens (tertiary/aromatic N) is 3. The van der Waals surface area contributed by atoms with Crippen LogP contribution in [-0.4, -0.2) is 34.6 Å². The Bertz CT molecular complexity index is 1070. The van der Waals surface area contributed by atoms with E-state index in [1.54, 1.807) is 17.0 Å². The number of aliphatic hydroxyl groups excluding tert-OH is 1. The van der Waals surface area contributed by atoms with Gasteiger partial charge in [0.25, 0.3) is 0 Å². The summed E-state index contributed by atoms with van der Waals surface area (Å²) < 4.78 is 13.1. The van der Waals surface area contributed by atoms with Gasteiger partial charge in [0, 0.05) is 13.6 Å². The highest BCUT2D eigenvalue weighted by Crippen LogP contribution is 2.30. The van der Waals surface area contributed by atoms with Crippen molar-refractivity contribution in [2.24, 2.45) is 0 Å². The van der Waals surface area contributed by atoms with Crippen LogP contribution in [0.25, 0.3) is 0 Å². The predicted molar refractivity (Wildman–Crippen MR) is 113 cm³/mol. The van der Waals surface area contributed by atoms with Gasteiger partial charge in [-0.1, -0.05) is 36.4 Å². The lowest BCUT2D eigenvalue weighted by Crippen LogP contribution is -2.36. The van der Waals surface area contributed by atoms with E-state index in [1.165, 1.54) is 12.1 Å². The Balaban J connectivity index is 1.44. The number of hydrogen-bond acceptors (Lipinski definition) is 6. The van der Waals surface area contributed by atoms with Gasteiger partial charge < -0.3 is 20.6 Å². The molecule has 1 aromatic heterocycles. The van der Waals surface area contributed by atoms with E-state index in [0.717, 1.165) is 11.1 Å². The molecule has 1 amide bonds. The summed E-state index contributed by atoms with van der Waals surface area (Å²) in [6, 6.07) is 13.3. The largest absolute Gasteiger partial charge is 0.384 e. The number of benzene rings is 2. The van der Waals surface area contributed by atoms with Crippen LogP contribution in [0.3, 0.4) is 0 Å². The fraction of sp³-hybridized carbons (Fsp3) is 0.227. The van der Waals surface area contributed by atoms with Gasteiger partial charge in [-0.15, -0.1) is 0 Å². The number of anilines is 3. The Morgan fingerprint density at radius 1 is 1.13 bits per heavy atom. The molecule has 0 saturated carbocycles. The van der Waals surface area contributed by atoms with Crippen LogP contribution in [0.5, 0.6) is 0 Å². The number of aliphatic hydroxyl groups is 1. The van der Waals surface area contributed by atoms with Gasteiger partial charge in [-0.25, -0.2) is 9.37 Å². The molecule has 3 aromatic rings. The highest BCUT2D eigenvalue weighted by Gasteiger charge is 2.23. The number of rotatable bonds is 5. The lowest BCUT2D eigenvalue weighted by atomic mass is 10.0. The van der Waals surface area contributed by atoms with Crippen molar-refractivity contribution in [2.75, 3.05) is 29.1 Å². The maximum absolute atomic E-state index is 13.1. The molecule has 7 nitrogen and oxygen atoms in total. The molecule has 0 bridgehead atoms. The van der Waals surface area contributed by atoms with E-state index in [2.05, 4.69) is 20.6 Å². The molecule has 1 atom stereocenters. The van der Waals surface area contributed by atoms with E-state index in [4.69, 9.17) is 0 Å². The fourth-order valence-electron chi connectivity index (χ4n) is 3.37. The number of halogens is 1.